The van der Waals surface area contributed by atoms with Crippen LogP contribution in [0.25, 0.3) is 11.1 Å². The predicted octanol–water partition coefficient (Wildman–Crippen LogP) is 6.37. The van der Waals surface area contributed by atoms with Crippen LogP contribution in [0.15, 0.2) is 30.3 Å². The van der Waals surface area contributed by atoms with Crippen molar-refractivity contribution in [2.24, 2.45) is 0 Å². The highest BCUT2D eigenvalue weighted by Crippen LogP contribution is 2.33. The van der Waals surface area contributed by atoms with E-state index in [2.05, 4.69) is 6.92 Å². The molecule has 1 fully saturated rings. The highest BCUT2D eigenvalue weighted by Gasteiger charge is 2.24. The van der Waals surface area contributed by atoms with Crippen LogP contribution in [0.2, 0.25) is 0 Å². The lowest BCUT2D eigenvalue weighted by Gasteiger charge is -2.28. The van der Waals surface area contributed by atoms with Crippen LogP contribution in [0.4, 0.5) is 13.2 Å². The number of rotatable bonds is 7. The molecule has 2 aromatic carbocycles. The van der Waals surface area contributed by atoms with Crippen molar-refractivity contribution in [1.29, 1.82) is 0 Å². The number of benzene rings is 2. The molecule has 1 saturated heterocycles. The third-order valence-corrected chi connectivity index (χ3v) is 5.46. The molecule has 2 unspecified atom stereocenters. The molecule has 5 heteroatoms. The van der Waals surface area contributed by atoms with Gasteiger partial charge in [0.05, 0.1) is 6.61 Å². The Morgan fingerprint density at radius 1 is 1.00 bits per heavy atom. The van der Waals surface area contributed by atoms with E-state index in [-0.39, 0.29) is 23.3 Å². The molecule has 28 heavy (non-hydrogen) atoms. The molecule has 0 aromatic heterocycles. The molecule has 2 atom stereocenters. The smallest absolute Gasteiger partial charge is 0.167 e. The summed E-state index contributed by atoms with van der Waals surface area (Å²) in [5.74, 6) is -2.34. The Balaban J connectivity index is 1.79. The van der Waals surface area contributed by atoms with E-state index in [1.807, 2.05) is 0 Å². The van der Waals surface area contributed by atoms with Crippen LogP contribution < -0.4 is 0 Å². The van der Waals surface area contributed by atoms with Crippen LogP contribution >= 0.6 is 0 Å². The molecule has 1 aliphatic heterocycles. The van der Waals surface area contributed by atoms with Gasteiger partial charge in [0.25, 0.3) is 0 Å². The van der Waals surface area contributed by atoms with E-state index in [0.717, 1.165) is 37.7 Å². The third-order valence-electron chi connectivity index (χ3n) is 5.46. The van der Waals surface area contributed by atoms with E-state index in [0.29, 0.717) is 18.6 Å². The first kappa shape index (κ1) is 20.9. The van der Waals surface area contributed by atoms with Crippen LogP contribution in [0.5, 0.6) is 0 Å². The second kappa shape index (κ2) is 9.57. The molecule has 1 heterocycles. The maximum absolute atomic E-state index is 14.7. The zero-order chi connectivity index (χ0) is 20.1. The van der Waals surface area contributed by atoms with Crippen LogP contribution in [-0.2, 0) is 15.9 Å². The molecule has 0 amide bonds. The number of unbranched alkanes of at least 4 members (excludes halogenated alkanes) is 2. The Morgan fingerprint density at radius 2 is 1.79 bits per heavy atom. The van der Waals surface area contributed by atoms with E-state index >= 15 is 0 Å². The number of halogens is 3. The molecule has 152 valence electrons. The number of hydrogen-bond acceptors (Lipinski definition) is 2. The first-order valence-corrected chi connectivity index (χ1v) is 9.96. The Labute approximate surface area is 164 Å². The average Bonchev–Trinajstić information content (AvgIpc) is 2.72. The summed E-state index contributed by atoms with van der Waals surface area (Å²) in [6, 6.07) is 7.75. The predicted molar refractivity (Wildman–Crippen MR) is 104 cm³/mol. The fourth-order valence-electron chi connectivity index (χ4n) is 3.74. The summed E-state index contributed by atoms with van der Waals surface area (Å²) in [5.41, 5.74) is 1.18. The van der Waals surface area contributed by atoms with Gasteiger partial charge in [-0.05, 0) is 42.9 Å². The van der Waals surface area contributed by atoms with Gasteiger partial charge in [0.2, 0.25) is 0 Å². The summed E-state index contributed by atoms with van der Waals surface area (Å²) in [4.78, 5) is 0. The van der Waals surface area contributed by atoms with Gasteiger partial charge in [-0.3, -0.25) is 0 Å². The molecule has 0 spiro atoms. The molecular weight excluding hydrogens is 365 g/mol. The summed E-state index contributed by atoms with van der Waals surface area (Å²) in [6.45, 7) is 2.51. The fraction of sp³-hybridized carbons (Fsp3) is 0.478. The van der Waals surface area contributed by atoms with E-state index in [1.165, 1.54) is 18.2 Å². The van der Waals surface area contributed by atoms with Gasteiger partial charge < -0.3 is 9.47 Å². The summed E-state index contributed by atoms with van der Waals surface area (Å²) in [5, 5.41) is 0. The summed E-state index contributed by atoms with van der Waals surface area (Å²) < 4.78 is 54.5. The lowest BCUT2D eigenvalue weighted by atomic mass is 9.91. The first-order valence-electron chi connectivity index (χ1n) is 9.96. The topological polar surface area (TPSA) is 18.5 Å². The van der Waals surface area contributed by atoms with Crippen molar-refractivity contribution in [2.75, 3.05) is 13.7 Å². The molecule has 1 aliphatic rings. The van der Waals surface area contributed by atoms with Gasteiger partial charge >= 0.3 is 0 Å². The van der Waals surface area contributed by atoms with E-state index < -0.39 is 17.5 Å². The fourth-order valence-corrected chi connectivity index (χ4v) is 3.74. The number of hydrogen-bond donors (Lipinski definition) is 0. The third kappa shape index (κ3) is 4.58. The SMILES string of the molecule is CCCCCc1ccc(-c2ccc(C3CCC(OC)OC3)cc2F)c(F)c1F. The van der Waals surface area contributed by atoms with Crippen molar-refractivity contribution in [3.63, 3.8) is 0 Å². The quantitative estimate of drug-likeness (QED) is 0.510. The second-order valence-electron chi connectivity index (χ2n) is 7.37. The summed E-state index contributed by atoms with van der Waals surface area (Å²) in [6.07, 6.45) is 4.63. The van der Waals surface area contributed by atoms with Gasteiger partial charge in [0, 0.05) is 24.2 Å². The maximum Gasteiger partial charge on any atom is 0.167 e. The van der Waals surface area contributed by atoms with Crippen LogP contribution in [-0.4, -0.2) is 20.0 Å². The van der Waals surface area contributed by atoms with E-state index in [9.17, 15) is 13.2 Å². The van der Waals surface area contributed by atoms with Gasteiger partial charge in [-0.1, -0.05) is 44.0 Å². The van der Waals surface area contributed by atoms with Crippen molar-refractivity contribution in [3.05, 3.63) is 58.9 Å². The minimum absolute atomic E-state index is 0.0415. The molecule has 0 aliphatic carbocycles. The van der Waals surface area contributed by atoms with Gasteiger partial charge in [0.15, 0.2) is 17.9 Å². The Morgan fingerprint density at radius 3 is 2.43 bits per heavy atom. The lowest BCUT2D eigenvalue weighted by molar-refractivity contribution is -0.150. The van der Waals surface area contributed by atoms with Crippen LogP contribution in [0.3, 0.4) is 0 Å². The largest absolute Gasteiger partial charge is 0.356 e. The molecule has 0 N–H and O–H groups in total. The first-order chi connectivity index (χ1) is 13.5. The highest BCUT2D eigenvalue weighted by atomic mass is 19.2. The molecule has 0 radical (unpaired) electrons. The molecule has 0 bridgehead atoms. The van der Waals surface area contributed by atoms with Crippen molar-refractivity contribution in [1.82, 2.24) is 0 Å². The average molecular weight is 392 g/mol. The summed E-state index contributed by atoms with van der Waals surface area (Å²) >= 11 is 0. The zero-order valence-corrected chi connectivity index (χ0v) is 16.4. The van der Waals surface area contributed by atoms with Gasteiger partial charge in [-0.2, -0.15) is 0 Å². The minimum Gasteiger partial charge on any atom is -0.356 e. The zero-order valence-electron chi connectivity index (χ0n) is 16.4. The number of aryl methyl sites for hydroxylation is 1. The molecular formula is C23H27F3O2. The number of methoxy groups -OCH3 is 1. The van der Waals surface area contributed by atoms with Gasteiger partial charge in [0.1, 0.15) is 5.82 Å². The van der Waals surface area contributed by atoms with Gasteiger partial charge in [-0.25, -0.2) is 13.2 Å². The monoisotopic (exact) mass is 392 g/mol. The maximum atomic E-state index is 14.7. The molecule has 3 rings (SSSR count). The van der Waals surface area contributed by atoms with E-state index in [4.69, 9.17) is 9.47 Å². The van der Waals surface area contributed by atoms with Crippen molar-refractivity contribution < 1.29 is 22.6 Å². The summed E-state index contributed by atoms with van der Waals surface area (Å²) in [7, 11) is 1.60. The van der Waals surface area contributed by atoms with Crippen LogP contribution in [0.1, 0.15) is 56.1 Å². The van der Waals surface area contributed by atoms with E-state index in [1.54, 1.807) is 19.2 Å². The lowest BCUT2D eigenvalue weighted by Crippen LogP contribution is -2.26. The van der Waals surface area contributed by atoms with Gasteiger partial charge in [-0.15, -0.1) is 0 Å². The van der Waals surface area contributed by atoms with Crippen molar-refractivity contribution in [2.45, 2.75) is 57.7 Å². The number of ether oxygens (including phenoxy) is 2. The normalized spacial score (nSPS) is 19.8. The molecule has 2 aromatic rings. The van der Waals surface area contributed by atoms with Crippen LogP contribution in [0, 0.1) is 17.5 Å². The minimum atomic E-state index is -0.982. The second-order valence-corrected chi connectivity index (χ2v) is 7.37. The highest BCUT2D eigenvalue weighted by molar-refractivity contribution is 5.66. The Bertz CT molecular complexity index is 799. The standard InChI is InChI=1S/C23H27F3O2/c1-3-4-5-6-15-7-11-19(23(26)22(15)25)18-10-8-16(13-20(18)24)17-9-12-21(27-2)28-14-17/h7-8,10-11,13,17,21H,3-6,9,12,14H2,1-2H3. The Kier molecular flexibility index (Phi) is 7.13. The van der Waals surface area contributed by atoms with Crippen molar-refractivity contribution in [3.8, 4) is 11.1 Å². The molecule has 0 saturated carbocycles. The Hall–Kier alpha value is -1.85. The molecule has 2 nitrogen and oxygen atoms in total. The van der Waals surface area contributed by atoms with Crippen molar-refractivity contribution >= 4 is 0 Å².